The lowest BCUT2D eigenvalue weighted by Gasteiger charge is -2.10. The summed E-state index contributed by atoms with van der Waals surface area (Å²) in [5.74, 6) is 1.16. The van der Waals surface area contributed by atoms with Crippen LogP contribution >= 0.6 is 36.2 Å². The summed E-state index contributed by atoms with van der Waals surface area (Å²) in [6.07, 6.45) is 2.72. The molecule has 152 valence electrons. The molecule has 4 aromatic rings. The number of fused-ring (bicyclic) bond motifs is 1. The van der Waals surface area contributed by atoms with Crippen molar-refractivity contribution in [1.82, 2.24) is 25.5 Å². The Morgan fingerprint density at radius 3 is 2.69 bits per heavy atom. The lowest BCUT2D eigenvalue weighted by molar-refractivity contribution is 0.601. The second-order valence-electron chi connectivity index (χ2n) is 6.99. The number of nitrogens with zero attached hydrogens (tertiary/aromatic N) is 2. The molecule has 3 N–H and O–H groups in total. The van der Waals surface area contributed by atoms with E-state index < -0.39 is 0 Å². The maximum Gasteiger partial charge on any atom is 0.268 e. The van der Waals surface area contributed by atoms with Gasteiger partial charge in [0.15, 0.2) is 0 Å². The molecule has 9 heteroatoms. The van der Waals surface area contributed by atoms with Gasteiger partial charge in [-0.25, -0.2) is 4.98 Å². The summed E-state index contributed by atoms with van der Waals surface area (Å²) in [6, 6.07) is 12.5. The van der Waals surface area contributed by atoms with Crippen LogP contribution in [-0.2, 0) is 0 Å². The van der Waals surface area contributed by atoms with E-state index >= 15 is 0 Å². The third-order valence-corrected chi connectivity index (χ3v) is 6.38. The van der Waals surface area contributed by atoms with Crippen LogP contribution in [0.15, 0.2) is 47.4 Å². The van der Waals surface area contributed by atoms with Gasteiger partial charge in [-0.05, 0) is 30.9 Å². The molecule has 0 bridgehead atoms. The molecule has 1 aliphatic rings. The number of rotatable bonds is 3. The fourth-order valence-electron chi connectivity index (χ4n) is 3.78. The fraction of sp³-hybridized carbons (Fsp3) is 0.250. The van der Waals surface area contributed by atoms with Gasteiger partial charge in [0.05, 0.1) is 17.8 Å². The summed E-state index contributed by atoms with van der Waals surface area (Å²) >= 11 is 1.46. The minimum Gasteiger partial charge on any atom is -0.308 e. The van der Waals surface area contributed by atoms with E-state index in [-0.39, 0.29) is 36.4 Å². The number of H-pyrrole nitrogens is 2. The maximum absolute atomic E-state index is 12.6. The zero-order valence-electron chi connectivity index (χ0n) is 15.6. The molecule has 0 amide bonds. The second-order valence-corrected chi connectivity index (χ2v) is 8.04. The van der Waals surface area contributed by atoms with Gasteiger partial charge < -0.3 is 10.3 Å². The van der Waals surface area contributed by atoms with Crippen LogP contribution in [0.5, 0.6) is 0 Å². The monoisotopic (exact) mass is 449 g/mol. The number of aromatic amines is 2. The van der Waals surface area contributed by atoms with E-state index in [1.54, 1.807) is 6.20 Å². The van der Waals surface area contributed by atoms with Crippen LogP contribution < -0.4 is 10.9 Å². The number of thiophene rings is 1. The summed E-state index contributed by atoms with van der Waals surface area (Å²) in [4.78, 5) is 21.4. The fourth-order valence-corrected chi connectivity index (χ4v) is 4.84. The molecule has 0 radical (unpaired) electrons. The van der Waals surface area contributed by atoms with Gasteiger partial charge in [0, 0.05) is 22.7 Å². The molecular weight excluding hydrogens is 429 g/mol. The summed E-state index contributed by atoms with van der Waals surface area (Å²) in [6.45, 7) is 2.86. The highest BCUT2D eigenvalue weighted by Crippen LogP contribution is 2.35. The van der Waals surface area contributed by atoms with Crippen molar-refractivity contribution >= 4 is 46.4 Å². The molecule has 5 rings (SSSR count). The quantitative estimate of drug-likeness (QED) is 0.433. The number of halogens is 2. The van der Waals surface area contributed by atoms with Gasteiger partial charge in [-0.2, -0.15) is 5.10 Å². The summed E-state index contributed by atoms with van der Waals surface area (Å²) < 4.78 is 0.659. The molecule has 0 unspecified atom stereocenters. The maximum atomic E-state index is 12.6. The number of aromatic nitrogens is 4. The number of aryl methyl sites for hydroxylation is 1. The molecule has 6 nitrogen and oxygen atoms in total. The zero-order chi connectivity index (χ0) is 18.4. The highest BCUT2D eigenvalue weighted by atomic mass is 35.5. The van der Waals surface area contributed by atoms with E-state index in [2.05, 4.69) is 44.8 Å². The van der Waals surface area contributed by atoms with Crippen LogP contribution in [-0.4, -0.2) is 26.7 Å². The Bertz CT molecular complexity index is 1170. The van der Waals surface area contributed by atoms with Crippen LogP contribution in [0.2, 0.25) is 0 Å². The van der Waals surface area contributed by atoms with E-state index in [9.17, 15) is 4.79 Å². The Morgan fingerprint density at radius 2 is 1.97 bits per heavy atom. The minimum atomic E-state index is -0.0719. The van der Waals surface area contributed by atoms with Crippen molar-refractivity contribution in [2.75, 3.05) is 6.54 Å². The van der Waals surface area contributed by atoms with Gasteiger partial charge in [0.25, 0.3) is 5.56 Å². The minimum absolute atomic E-state index is 0. The largest absolute Gasteiger partial charge is 0.308 e. The molecule has 1 saturated heterocycles. The first-order valence-electron chi connectivity index (χ1n) is 9.01. The number of nitrogens with one attached hydrogen (secondary N) is 3. The first-order chi connectivity index (χ1) is 13.2. The zero-order valence-corrected chi connectivity index (χ0v) is 18.1. The van der Waals surface area contributed by atoms with Crippen LogP contribution in [0.25, 0.3) is 20.7 Å². The van der Waals surface area contributed by atoms with Gasteiger partial charge >= 0.3 is 0 Å². The van der Waals surface area contributed by atoms with E-state index in [0.29, 0.717) is 10.6 Å². The average molecular weight is 450 g/mol. The molecule has 1 aliphatic heterocycles. The first-order valence-corrected chi connectivity index (χ1v) is 9.83. The van der Waals surface area contributed by atoms with E-state index in [4.69, 9.17) is 4.98 Å². The van der Waals surface area contributed by atoms with Gasteiger partial charge in [0.1, 0.15) is 10.5 Å². The number of benzene rings is 1. The molecular formula is C20H21Cl2N5OS. The van der Waals surface area contributed by atoms with Crippen molar-refractivity contribution < 1.29 is 0 Å². The third-order valence-electron chi connectivity index (χ3n) is 5.23. The molecule has 3 aromatic heterocycles. The number of hydrogen-bond acceptors (Lipinski definition) is 5. The Hall–Kier alpha value is -2.19. The molecule has 1 aromatic carbocycles. The first kappa shape index (κ1) is 21.5. The van der Waals surface area contributed by atoms with Crippen LogP contribution in [0.1, 0.15) is 35.5 Å². The number of hydrogen-bond donors (Lipinski definition) is 3. The van der Waals surface area contributed by atoms with Gasteiger partial charge in [-0.1, -0.05) is 30.3 Å². The second kappa shape index (κ2) is 8.67. The molecule has 0 aliphatic carbocycles. The van der Waals surface area contributed by atoms with Crippen molar-refractivity contribution in [3.05, 3.63) is 70.0 Å². The topological polar surface area (TPSA) is 86.5 Å². The Morgan fingerprint density at radius 1 is 1.17 bits per heavy atom. The Balaban J connectivity index is 0.00000120. The van der Waals surface area contributed by atoms with Gasteiger partial charge in [0.2, 0.25) is 0 Å². The SMILES string of the molecule is Cc1[nH]ncc1-c1cc2nc([C@@H]3C[C@H](c4ccccc4)CN3)[nH]c(=O)c2s1.Cl.Cl. The lowest BCUT2D eigenvalue weighted by atomic mass is 9.96. The van der Waals surface area contributed by atoms with Gasteiger partial charge in [-0.3, -0.25) is 9.89 Å². The lowest BCUT2D eigenvalue weighted by Crippen LogP contribution is -2.20. The molecule has 29 heavy (non-hydrogen) atoms. The molecule has 2 atom stereocenters. The van der Waals surface area contributed by atoms with E-state index in [1.165, 1.54) is 16.9 Å². The van der Waals surface area contributed by atoms with Crippen LogP contribution in [0.3, 0.4) is 0 Å². The summed E-state index contributed by atoms with van der Waals surface area (Å²) in [5, 5.41) is 10.5. The van der Waals surface area contributed by atoms with E-state index in [0.717, 1.165) is 40.4 Å². The van der Waals surface area contributed by atoms with Crippen molar-refractivity contribution in [3.8, 4) is 10.4 Å². The Kier molecular flexibility index (Phi) is 6.43. The normalized spacial score (nSPS) is 18.4. The molecule has 4 heterocycles. The average Bonchev–Trinajstić information content (AvgIpc) is 3.41. The Labute approximate surface area is 184 Å². The summed E-state index contributed by atoms with van der Waals surface area (Å²) in [5.41, 5.74) is 4.00. The standard InChI is InChI=1S/C20H19N5OS.2ClH/c1-11-14(10-22-25-11)17-8-15-18(27-17)20(26)24-19(23-15)16-7-13(9-21-16)12-5-3-2-4-6-12;;/h2-6,8,10,13,16,21H,7,9H2,1H3,(H,22,25)(H,23,24,26);2*1H/t13-,16-;;/m0../s1. The molecule has 0 spiro atoms. The van der Waals surface area contributed by atoms with E-state index in [1.807, 2.05) is 19.1 Å². The molecule has 1 fully saturated rings. The predicted octanol–water partition coefficient (Wildman–Crippen LogP) is 4.34. The molecule has 0 saturated carbocycles. The van der Waals surface area contributed by atoms with Crippen molar-refractivity contribution in [3.63, 3.8) is 0 Å². The summed E-state index contributed by atoms with van der Waals surface area (Å²) in [7, 11) is 0. The van der Waals surface area contributed by atoms with Crippen molar-refractivity contribution in [2.45, 2.75) is 25.3 Å². The van der Waals surface area contributed by atoms with Crippen molar-refractivity contribution in [1.29, 1.82) is 0 Å². The third kappa shape index (κ3) is 3.96. The van der Waals surface area contributed by atoms with Crippen molar-refractivity contribution in [2.24, 2.45) is 0 Å². The highest BCUT2D eigenvalue weighted by Gasteiger charge is 2.28. The van der Waals surface area contributed by atoms with Crippen LogP contribution in [0, 0.1) is 6.92 Å². The predicted molar refractivity (Wildman–Crippen MR) is 122 cm³/mol. The van der Waals surface area contributed by atoms with Gasteiger partial charge in [-0.15, -0.1) is 36.2 Å². The highest BCUT2D eigenvalue weighted by molar-refractivity contribution is 7.22. The smallest absolute Gasteiger partial charge is 0.268 e. The van der Waals surface area contributed by atoms with Crippen LogP contribution in [0.4, 0.5) is 0 Å².